The lowest BCUT2D eigenvalue weighted by Gasteiger charge is -2.08. The molecule has 2 rings (SSSR count). The highest BCUT2D eigenvalue weighted by molar-refractivity contribution is 7.98. The molecule has 1 N–H and O–H groups in total. The maximum Gasteiger partial charge on any atom is 0.0597 e. The van der Waals surface area contributed by atoms with E-state index in [0.29, 0.717) is 0 Å². The molecule has 1 heterocycles. The van der Waals surface area contributed by atoms with E-state index in [2.05, 4.69) is 53.9 Å². The summed E-state index contributed by atoms with van der Waals surface area (Å²) in [5.74, 6) is 0. The summed E-state index contributed by atoms with van der Waals surface area (Å²) in [5, 5.41) is 7.90. The molecule has 0 atom stereocenters. The van der Waals surface area contributed by atoms with E-state index in [0.717, 1.165) is 24.5 Å². The Morgan fingerprint density at radius 2 is 2.17 bits per heavy atom. The van der Waals surface area contributed by atoms with Crippen LogP contribution in [-0.4, -0.2) is 16.0 Å². The van der Waals surface area contributed by atoms with Crippen LogP contribution in [0.15, 0.2) is 35.2 Å². The first-order valence-electron chi connectivity index (χ1n) is 6.14. The average Bonchev–Trinajstić information content (AvgIpc) is 2.77. The molecule has 0 aliphatic carbocycles. The zero-order chi connectivity index (χ0) is 13.0. The second kappa shape index (κ2) is 5.96. The maximum atomic E-state index is 4.45. The number of anilines is 1. The number of aryl methyl sites for hydroxylation is 2. The van der Waals surface area contributed by atoms with Gasteiger partial charge in [-0.1, -0.05) is 6.07 Å². The molecule has 2 aromatic rings. The van der Waals surface area contributed by atoms with E-state index in [-0.39, 0.29) is 0 Å². The third-order valence-electron chi connectivity index (χ3n) is 2.83. The Balaban J connectivity index is 2.06. The Labute approximate surface area is 113 Å². The van der Waals surface area contributed by atoms with Gasteiger partial charge in [-0.3, -0.25) is 4.68 Å². The van der Waals surface area contributed by atoms with Crippen molar-refractivity contribution in [2.75, 3.05) is 11.6 Å². The number of rotatable bonds is 5. The molecule has 0 bridgehead atoms. The van der Waals surface area contributed by atoms with Gasteiger partial charge in [-0.2, -0.15) is 5.10 Å². The predicted octanol–water partition coefficient (Wildman–Crippen LogP) is 3.55. The SMILES string of the molecule is CCn1nc(C)cc1CNc1cccc(SC)c1. The molecule has 3 nitrogen and oxygen atoms in total. The standard InChI is InChI=1S/C14H19N3S/c1-4-17-13(8-11(2)16-17)10-15-12-6-5-7-14(9-12)18-3/h5-9,15H,4,10H2,1-3H3. The highest BCUT2D eigenvalue weighted by Gasteiger charge is 2.03. The Morgan fingerprint density at radius 3 is 2.89 bits per heavy atom. The smallest absolute Gasteiger partial charge is 0.0597 e. The maximum absolute atomic E-state index is 4.45. The van der Waals surface area contributed by atoms with Gasteiger partial charge in [-0.25, -0.2) is 0 Å². The fourth-order valence-corrected chi connectivity index (χ4v) is 2.40. The van der Waals surface area contributed by atoms with Crippen LogP contribution in [0.4, 0.5) is 5.69 Å². The Hall–Kier alpha value is -1.42. The molecule has 1 aromatic heterocycles. The van der Waals surface area contributed by atoms with Crippen LogP contribution < -0.4 is 5.32 Å². The number of thioether (sulfide) groups is 1. The lowest BCUT2D eigenvalue weighted by molar-refractivity contribution is 0.623. The number of aromatic nitrogens is 2. The van der Waals surface area contributed by atoms with Gasteiger partial charge in [0, 0.05) is 17.1 Å². The minimum absolute atomic E-state index is 0.812. The lowest BCUT2D eigenvalue weighted by Crippen LogP contribution is -2.07. The lowest BCUT2D eigenvalue weighted by atomic mass is 10.3. The van der Waals surface area contributed by atoms with Gasteiger partial charge in [0.1, 0.15) is 0 Å². The van der Waals surface area contributed by atoms with Gasteiger partial charge in [0.05, 0.1) is 17.9 Å². The second-order valence-electron chi connectivity index (χ2n) is 4.18. The molecule has 0 spiro atoms. The number of nitrogens with one attached hydrogen (secondary N) is 1. The van der Waals surface area contributed by atoms with Crippen molar-refractivity contribution in [3.05, 3.63) is 41.7 Å². The molecular weight excluding hydrogens is 242 g/mol. The number of hydrogen-bond donors (Lipinski definition) is 1. The van der Waals surface area contributed by atoms with E-state index < -0.39 is 0 Å². The van der Waals surface area contributed by atoms with E-state index in [1.165, 1.54) is 10.6 Å². The van der Waals surface area contributed by atoms with Crippen LogP contribution >= 0.6 is 11.8 Å². The third-order valence-corrected chi connectivity index (χ3v) is 3.55. The molecule has 18 heavy (non-hydrogen) atoms. The molecule has 0 aliphatic rings. The van der Waals surface area contributed by atoms with E-state index in [1.807, 2.05) is 11.6 Å². The summed E-state index contributed by atoms with van der Waals surface area (Å²) in [6.45, 7) is 5.87. The van der Waals surface area contributed by atoms with Crippen LogP contribution in [0.1, 0.15) is 18.3 Å². The minimum atomic E-state index is 0.812. The quantitative estimate of drug-likeness (QED) is 0.835. The number of benzene rings is 1. The molecular formula is C14H19N3S. The predicted molar refractivity (Wildman–Crippen MR) is 78.2 cm³/mol. The fourth-order valence-electron chi connectivity index (χ4n) is 1.94. The van der Waals surface area contributed by atoms with Crippen LogP contribution in [-0.2, 0) is 13.1 Å². The van der Waals surface area contributed by atoms with E-state index >= 15 is 0 Å². The Kier molecular flexibility index (Phi) is 4.31. The third kappa shape index (κ3) is 3.07. The van der Waals surface area contributed by atoms with Crippen LogP contribution in [0, 0.1) is 6.92 Å². The van der Waals surface area contributed by atoms with Crippen molar-refractivity contribution >= 4 is 17.4 Å². The van der Waals surface area contributed by atoms with Gasteiger partial charge >= 0.3 is 0 Å². The van der Waals surface area contributed by atoms with Gasteiger partial charge in [-0.15, -0.1) is 11.8 Å². The van der Waals surface area contributed by atoms with Crippen molar-refractivity contribution in [2.45, 2.75) is 31.8 Å². The van der Waals surface area contributed by atoms with Crippen molar-refractivity contribution in [1.29, 1.82) is 0 Å². The largest absolute Gasteiger partial charge is 0.379 e. The Bertz CT molecular complexity index is 520. The first-order chi connectivity index (χ1) is 8.72. The zero-order valence-corrected chi connectivity index (χ0v) is 11.9. The van der Waals surface area contributed by atoms with Crippen LogP contribution in [0.25, 0.3) is 0 Å². The second-order valence-corrected chi connectivity index (χ2v) is 5.06. The highest BCUT2D eigenvalue weighted by Crippen LogP contribution is 2.19. The van der Waals surface area contributed by atoms with Crippen LogP contribution in [0.3, 0.4) is 0 Å². The molecule has 0 fully saturated rings. The monoisotopic (exact) mass is 261 g/mol. The summed E-state index contributed by atoms with van der Waals surface area (Å²) in [7, 11) is 0. The van der Waals surface area contributed by atoms with Gasteiger partial charge in [0.25, 0.3) is 0 Å². The van der Waals surface area contributed by atoms with Crippen molar-refractivity contribution in [3.8, 4) is 0 Å². The van der Waals surface area contributed by atoms with Crippen molar-refractivity contribution in [2.24, 2.45) is 0 Å². The molecule has 0 unspecified atom stereocenters. The van der Waals surface area contributed by atoms with Gasteiger partial charge < -0.3 is 5.32 Å². The summed E-state index contributed by atoms with van der Waals surface area (Å²) < 4.78 is 2.04. The summed E-state index contributed by atoms with van der Waals surface area (Å²) in [6.07, 6.45) is 2.09. The van der Waals surface area contributed by atoms with Gasteiger partial charge in [0.2, 0.25) is 0 Å². The molecule has 0 aliphatic heterocycles. The topological polar surface area (TPSA) is 29.9 Å². The molecule has 1 aromatic carbocycles. The normalized spacial score (nSPS) is 10.6. The highest BCUT2D eigenvalue weighted by atomic mass is 32.2. The summed E-state index contributed by atoms with van der Waals surface area (Å²) in [5.41, 5.74) is 3.46. The van der Waals surface area contributed by atoms with E-state index in [1.54, 1.807) is 11.8 Å². The Morgan fingerprint density at radius 1 is 1.33 bits per heavy atom. The van der Waals surface area contributed by atoms with Crippen molar-refractivity contribution < 1.29 is 0 Å². The van der Waals surface area contributed by atoms with Gasteiger partial charge in [-0.05, 0) is 44.4 Å². The van der Waals surface area contributed by atoms with E-state index in [4.69, 9.17) is 0 Å². The minimum Gasteiger partial charge on any atom is -0.379 e. The first kappa shape index (κ1) is 13.0. The zero-order valence-electron chi connectivity index (χ0n) is 11.1. The number of hydrogen-bond acceptors (Lipinski definition) is 3. The van der Waals surface area contributed by atoms with E-state index in [9.17, 15) is 0 Å². The fraction of sp³-hybridized carbons (Fsp3) is 0.357. The molecule has 0 saturated heterocycles. The van der Waals surface area contributed by atoms with Gasteiger partial charge in [0.15, 0.2) is 0 Å². The molecule has 4 heteroatoms. The van der Waals surface area contributed by atoms with Crippen LogP contribution in [0.5, 0.6) is 0 Å². The molecule has 96 valence electrons. The van der Waals surface area contributed by atoms with Crippen molar-refractivity contribution in [3.63, 3.8) is 0 Å². The van der Waals surface area contributed by atoms with Crippen LogP contribution in [0.2, 0.25) is 0 Å². The average molecular weight is 261 g/mol. The van der Waals surface area contributed by atoms with Crippen molar-refractivity contribution in [1.82, 2.24) is 9.78 Å². The summed E-state index contributed by atoms with van der Waals surface area (Å²) >= 11 is 1.76. The summed E-state index contributed by atoms with van der Waals surface area (Å²) in [6, 6.07) is 10.6. The molecule has 0 saturated carbocycles. The molecule has 0 radical (unpaired) electrons. The molecule has 0 amide bonds. The summed E-state index contributed by atoms with van der Waals surface area (Å²) in [4.78, 5) is 1.28. The number of nitrogens with zero attached hydrogens (tertiary/aromatic N) is 2. The first-order valence-corrected chi connectivity index (χ1v) is 7.36.